The van der Waals surface area contributed by atoms with E-state index in [4.69, 9.17) is 0 Å². The van der Waals surface area contributed by atoms with Crippen LogP contribution in [0.5, 0.6) is 0 Å². The number of carbonyl (C=O) groups excluding carboxylic acids is 2. The minimum atomic E-state index is -0.136. The Morgan fingerprint density at radius 3 is 3.17 bits per heavy atom. The fraction of sp³-hybridized carbons (Fsp3) is 0.471. The van der Waals surface area contributed by atoms with Gasteiger partial charge in [-0.25, -0.2) is 4.79 Å². The summed E-state index contributed by atoms with van der Waals surface area (Å²) < 4.78 is 1.90. The molecule has 2 aliphatic rings. The Hall–Kier alpha value is -2.57. The molecule has 126 valence electrons. The van der Waals surface area contributed by atoms with Crippen molar-refractivity contribution < 1.29 is 9.59 Å². The first-order chi connectivity index (χ1) is 11.7. The van der Waals surface area contributed by atoms with Gasteiger partial charge in [-0.05, 0) is 38.0 Å². The summed E-state index contributed by atoms with van der Waals surface area (Å²) in [6.45, 7) is 4.07. The van der Waals surface area contributed by atoms with Gasteiger partial charge in [0.05, 0.1) is 23.7 Å². The molecule has 0 saturated carbocycles. The highest BCUT2D eigenvalue weighted by Gasteiger charge is 2.42. The van der Waals surface area contributed by atoms with Crippen LogP contribution in [0, 0.1) is 5.92 Å². The van der Waals surface area contributed by atoms with Gasteiger partial charge >= 0.3 is 6.03 Å². The molecule has 3 heterocycles. The second kappa shape index (κ2) is 5.81. The second-order valence-electron chi connectivity index (χ2n) is 6.42. The maximum Gasteiger partial charge on any atom is 0.322 e. The van der Waals surface area contributed by atoms with Gasteiger partial charge in [-0.15, -0.1) is 0 Å². The van der Waals surface area contributed by atoms with E-state index in [1.807, 2.05) is 36.0 Å². The van der Waals surface area contributed by atoms with Gasteiger partial charge in [-0.1, -0.05) is 0 Å². The number of amides is 3. The SMILES string of the molecule is CCn1ncc2ccc(NC(=O)N3CCC[C@H]4C(=O)NC[C@@H]43)cc21. The monoisotopic (exact) mass is 327 g/mol. The third-order valence-electron chi connectivity index (χ3n) is 5.06. The third-order valence-corrected chi connectivity index (χ3v) is 5.06. The van der Waals surface area contributed by atoms with E-state index >= 15 is 0 Å². The van der Waals surface area contributed by atoms with Crippen LogP contribution in [-0.2, 0) is 11.3 Å². The Labute approximate surface area is 140 Å². The number of urea groups is 1. The first-order valence-corrected chi connectivity index (χ1v) is 8.48. The summed E-state index contributed by atoms with van der Waals surface area (Å²) in [7, 11) is 0. The van der Waals surface area contributed by atoms with E-state index in [0.29, 0.717) is 13.1 Å². The van der Waals surface area contributed by atoms with E-state index in [1.165, 1.54) is 0 Å². The molecule has 0 unspecified atom stereocenters. The summed E-state index contributed by atoms with van der Waals surface area (Å²) in [4.78, 5) is 26.3. The molecule has 2 fully saturated rings. The molecule has 1 aromatic carbocycles. The number of likely N-dealkylation sites (tertiary alicyclic amines) is 1. The van der Waals surface area contributed by atoms with Crippen LogP contribution in [0.15, 0.2) is 24.4 Å². The number of nitrogens with one attached hydrogen (secondary N) is 2. The standard InChI is InChI=1S/C17H21N5O2/c1-2-22-14-8-12(6-5-11(14)9-19-22)20-17(24)21-7-3-4-13-15(21)10-18-16(13)23/h5-6,8-9,13,15H,2-4,7,10H2,1H3,(H,18,23)(H,20,24)/t13-,15+/m1/s1. The van der Waals surface area contributed by atoms with Crippen molar-refractivity contribution in [3.8, 4) is 0 Å². The molecule has 1 aromatic heterocycles. The van der Waals surface area contributed by atoms with Gasteiger partial charge < -0.3 is 15.5 Å². The lowest BCUT2D eigenvalue weighted by atomic mass is 9.92. The van der Waals surface area contributed by atoms with Crippen molar-refractivity contribution in [1.82, 2.24) is 20.0 Å². The molecule has 2 aliphatic heterocycles. The van der Waals surface area contributed by atoms with E-state index in [1.54, 1.807) is 4.90 Å². The van der Waals surface area contributed by atoms with E-state index in [2.05, 4.69) is 15.7 Å². The quantitative estimate of drug-likeness (QED) is 0.883. The molecular weight excluding hydrogens is 306 g/mol. The first kappa shape index (κ1) is 15.0. The van der Waals surface area contributed by atoms with Crippen molar-refractivity contribution in [3.63, 3.8) is 0 Å². The van der Waals surface area contributed by atoms with Crippen molar-refractivity contribution in [1.29, 1.82) is 0 Å². The first-order valence-electron chi connectivity index (χ1n) is 8.48. The molecule has 2 N–H and O–H groups in total. The molecule has 0 spiro atoms. The highest BCUT2D eigenvalue weighted by Crippen LogP contribution is 2.28. The molecule has 7 nitrogen and oxygen atoms in total. The van der Waals surface area contributed by atoms with E-state index < -0.39 is 0 Å². The van der Waals surface area contributed by atoms with Gasteiger partial charge in [0.25, 0.3) is 0 Å². The van der Waals surface area contributed by atoms with Gasteiger partial charge in [-0.2, -0.15) is 5.10 Å². The summed E-state index contributed by atoms with van der Waals surface area (Å²) in [6.07, 6.45) is 3.56. The second-order valence-corrected chi connectivity index (χ2v) is 6.42. The molecule has 0 bridgehead atoms. The molecule has 2 atom stereocenters. The Morgan fingerprint density at radius 2 is 2.33 bits per heavy atom. The molecule has 7 heteroatoms. The van der Waals surface area contributed by atoms with Crippen LogP contribution in [0.25, 0.3) is 10.9 Å². The number of rotatable bonds is 2. The van der Waals surface area contributed by atoms with Gasteiger partial charge in [0, 0.05) is 30.7 Å². The Balaban J connectivity index is 1.54. The fourth-order valence-corrected chi connectivity index (χ4v) is 3.80. The number of nitrogens with zero attached hydrogens (tertiary/aromatic N) is 3. The average Bonchev–Trinajstić information content (AvgIpc) is 3.18. The number of piperidine rings is 1. The molecule has 0 aliphatic carbocycles. The summed E-state index contributed by atoms with van der Waals surface area (Å²) in [5, 5.41) is 11.2. The smallest absolute Gasteiger partial charge is 0.322 e. The van der Waals surface area contributed by atoms with E-state index in [9.17, 15) is 9.59 Å². The molecule has 0 radical (unpaired) electrons. The predicted molar refractivity (Wildman–Crippen MR) is 90.7 cm³/mol. The zero-order chi connectivity index (χ0) is 16.7. The van der Waals surface area contributed by atoms with E-state index in [-0.39, 0.29) is 23.9 Å². The van der Waals surface area contributed by atoms with Crippen LogP contribution in [-0.4, -0.2) is 45.8 Å². The van der Waals surface area contributed by atoms with Gasteiger partial charge in [0.1, 0.15) is 0 Å². The summed E-state index contributed by atoms with van der Waals surface area (Å²) in [6, 6.07) is 5.63. The lowest BCUT2D eigenvalue weighted by molar-refractivity contribution is -0.123. The number of anilines is 1. The lowest BCUT2D eigenvalue weighted by Gasteiger charge is -2.35. The molecular formula is C17H21N5O2. The van der Waals surface area contributed by atoms with Crippen LogP contribution >= 0.6 is 0 Å². The minimum Gasteiger partial charge on any atom is -0.354 e. The number of carbonyl (C=O) groups is 2. The molecule has 4 rings (SSSR count). The highest BCUT2D eigenvalue weighted by molar-refractivity contribution is 5.93. The lowest BCUT2D eigenvalue weighted by Crippen LogP contribution is -2.50. The topological polar surface area (TPSA) is 79.3 Å². The van der Waals surface area contributed by atoms with Crippen LogP contribution in [0.4, 0.5) is 10.5 Å². The van der Waals surface area contributed by atoms with Crippen molar-refractivity contribution in [2.24, 2.45) is 5.92 Å². The maximum absolute atomic E-state index is 12.7. The van der Waals surface area contributed by atoms with Crippen LogP contribution in [0.1, 0.15) is 19.8 Å². The van der Waals surface area contributed by atoms with Gasteiger partial charge in [0.15, 0.2) is 0 Å². The van der Waals surface area contributed by atoms with Crippen LogP contribution in [0.2, 0.25) is 0 Å². The maximum atomic E-state index is 12.7. The number of hydrogen-bond acceptors (Lipinski definition) is 3. The molecule has 2 aromatic rings. The molecule has 2 saturated heterocycles. The average molecular weight is 327 g/mol. The predicted octanol–water partition coefficient (Wildman–Crippen LogP) is 1.80. The minimum absolute atomic E-state index is 0.0313. The Morgan fingerprint density at radius 1 is 1.46 bits per heavy atom. The normalized spacial score (nSPS) is 23.2. The van der Waals surface area contributed by atoms with Crippen molar-refractivity contribution in [3.05, 3.63) is 24.4 Å². The fourth-order valence-electron chi connectivity index (χ4n) is 3.80. The number of hydrogen-bond donors (Lipinski definition) is 2. The largest absolute Gasteiger partial charge is 0.354 e. The van der Waals surface area contributed by atoms with Gasteiger partial charge in [-0.3, -0.25) is 9.48 Å². The van der Waals surface area contributed by atoms with Crippen molar-refractivity contribution >= 4 is 28.5 Å². The number of aromatic nitrogens is 2. The summed E-state index contributed by atoms with van der Waals surface area (Å²) in [5.41, 5.74) is 1.76. The van der Waals surface area contributed by atoms with E-state index in [0.717, 1.165) is 36.0 Å². The van der Waals surface area contributed by atoms with Crippen molar-refractivity contribution in [2.45, 2.75) is 32.4 Å². The number of fused-ring (bicyclic) bond motifs is 2. The van der Waals surface area contributed by atoms with Crippen molar-refractivity contribution in [2.75, 3.05) is 18.4 Å². The van der Waals surface area contributed by atoms with Crippen LogP contribution in [0.3, 0.4) is 0 Å². The third kappa shape index (κ3) is 2.40. The number of aryl methyl sites for hydroxylation is 1. The Kier molecular flexibility index (Phi) is 3.63. The number of benzene rings is 1. The van der Waals surface area contributed by atoms with Crippen LogP contribution < -0.4 is 10.6 Å². The zero-order valence-corrected chi connectivity index (χ0v) is 13.7. The molecule has 3 amide bonds. The summed E-state index contributed by atoms with van der Waals surface area (Å²) in [5.74, 6) is 0.0132. The Bertz CT molecular complexity index is 799. The van der Waals surface area contributed by atoms with Gasteiger partial charge in [0.2, 0.25) is 5.91 Å². The zero-order valence-electron chi connectivity index (χ0n) is 13.7. The summed E-state index contributed by atoms with van der Waals surface area (Å²) >= 11 is 0. The molecule has 24 heavy (non-hydrogen) atoms. The highest BCUT2D eigenvalue weighted by atomic mass is 16.2.